The average Bonchev–Trinajstić information content (AvgIpc) is 2.95. The zero-order chi connectivity index (χ0) is 18.0. The van der Waals surface area contributed by atoms with Crippen LogP contribution >= 0.6 is 0 Å². The molecule has 26 heavy (non-hydrogen) atoms. The van der Waals surface area contributed by atoms with Gasteiger partial charge in [0, 0.05) is 18.9 Å². The van der Waals surface area contributed by atoms with Gasteiger partial charge in [0.05, 0.1) is 20.1 Å². The minimum Gasteiger partial charge on any atom is -1.00 e. The zero-order valence-electron chi connectivity index (χ0n) is 17.2. The molecular weight excluding hydrogens is 435 g/mol. The van der Waals surface area contributed by atoms with Gasteiger partial charge in [-0.25, -0.2) is 4.90 Å². The van der Waals surface area contributed by atoms with E-state index in [-0.39, 0.29) is 24.0 Å². The molecule has 2 aliphatic rings. The van der Waals surface area contributed by atoms with Gasteiger partial charge in [-0.2, -0.15) is 0 Å². The second-order valence-electron chi connectivity index (χ2n) is 8.14. The fraction of sp³-hybridized carbons (Fsp3) is 0.864. The van der Waals surface area contributed by atoms with Crippen LogP contribution in [0.3, 0.4) is 0 Å². The molecule has 0 aliphatic carbocycles. The number of fused-ring (bicyclic) bond motifs is 1. The summed E-state index contributed by atoms with van der Waals surface area (Å²) in [5, 5.41) is 11.0. The van der Waals surface area contributed by atoms with E-state index < -0.39 is 5.72 Å². The Balaban J connectivity index is 0.00000338. The van der Waals surface area contributed by atoms with Crippen LogP contribution in [-0.2, 0) is 0 Å². The smallest absolute Gasteiger partial charge is 0.274 e. The summed E-state index contributed by atoms with van der Waals surface area (Å²) in [4.78, 5) is 2.20. The van der Waals surface area contributed by atoms with E-state index in [2.05, 4.69) is 29.5 Å². The molecule has 0 amide bonds. The van der Waals surface area contributed by atoms with E-state index in [1.807, 2.05) is 6.08 Å². The highest BCUT2D eigenvalue weighted by Crippen LogP contribution is 2.29. The Kier molecular flexibility index (Phi) is 12.1. The van der Waals surface area contributed by atoms with Gasteiger partial charge in [-0.3, -0.25) is 4.58 Å². The maximum atomic E-state index is 11.0. The van der Waals surface area contributed by atoms with Crippen molar-refractivity contribution in [3.05, 3.63) is 12.2 Å². The Bertz CT molecular complexity index is 449. The van der Waals surface area contributed by atoms with Crippen LogP contribution in [0.5, 0.6) is 0 Å². The molecule has 0 fully saturated rings. The summed E-state index contributed by atoms with van der Waals surface area (Å²) < 4.78 is 2.26. The first-order valence-corrected chi connectivity index (χ1v) is 10.9. The van der Waals surface area contributed by atoms with Crippen molar-refractivity contribution >= 4 is 5.84 Å². The quantitative estimate of drug-likeness (QED) is 0.250. The lowest BCUT2D eigenvalue weighted by atomic mass is 10.0. The summed E-state index contributed by atoms with van der Waals surface area (Å²) in [6.45, 7) is 4.37. The molecule has 2 aliphatic heterocycles. The van der Waals surface area contributed by atoms with Crippen LogP contribution in [0.1, 0.15) is 96.8 Å². The molecular formula is C22H41IN2O. The number of rotatable bonds is 13. The van der Waals surface area contributed by atoms with Crippen LogP contribution in [-0.4, -0.2) is 46.3 Å². The number of nitrogens with zero attached hydrogens (tertiary/aromatic N) is 2. The molecule has 1 N–H and O–H groups in total. The van der Waals surface area contributed by atoms with Crippen molar-refractivity contribution in [1.29, 1.82) is 0 Å². The first-order valence-electron chi connectivity index (χ1n) is 10.9. The second kappa shape index (κ2) is 13.1. The molecule has 2 heterocycles. The van der Waals surface area contributed by atoms with Gasteiger partial charge in [0.25, 0.3) is 5.84 Å². The van der Waals surface area contributed by atoms with Crippen LogP contribution in [0.25, 0.3) is 0 Å². The zero-order valence-corrected chi connectivity index (χ0v) is 19.3. The van der Waals surface area contributed by atoms with Crippen LogP contribution < -0.4 is 24.0 Å². The van der Waals surface area contributed by atoms with Gasteiger partial charge in [-0.15, -0.1) is 0 Å². The SMILES string of the molecule is CCCCCCCCCCCCCCC1(O)C=CC2=[N+](C)CCCN21.[I-]. The fourth-order valence-corrected chi connectivity index (χ4v) is 4.25. The number of hydrogen-bond acceptors (Lipinski definition) is 2. The maximum Gasteiger partial charge on any atom is 0.274 e. The molecule has 4 heteroatoms. The predicted molar refractivity (Wildman–Crippen MR) is 107 cm³/mol. The molecule has 3 nitrogen and oxygen atoms in total. The third kappa shape index (κ3) is 7.49. The summed E-state index contributed by atoms with van der Waals surface area (Å²) in [6.07, 6.45) is 22.5. The molecule has 0 aromatic carbocycles. The summed E-state index contributed by atoms with van der Waals surface area (Å²) >= 11 is 0. The van der Waals surface area contributed by atoms with Crippen molar-refractivity contribution in [2.75, 3.05) is 20.1 Å². The normalized spacial score (nSPS) is 21.9. The van der Waals surface area contributed by atoms with Crippen molar-refractivity contribution < 1.29 is 33.7 Å². The minimum absolute atomic E-state index is 0. The Labute approximate surface area is 179 Å². The highest BCUT2D eigenvalue weighted by molar-refractivity contribution is 5.92. The predicted octanol–water partition coefficient (Wildman–Crippen LogP) is 2.09. The molecule has 1 unspecified atom stereocenters. The molecule has 0 aromatic heterocycles. The third-order valence-corrected chi connectivity index (χ3v) is 5.91. The lowest BCUT2D eigenvalue weighted by molar-refractivity contribution is -0.509. The molecule has 2 rings (SSSR count). The van der Waals surface area contributed by atoms with E-state index in [4.69, 9.17) is 0 Å². The number of unbranched alkanes of at least 4 members (excludes halogenated alkanes) is 11. The van der Waals surface area contributed by atoms with Gasteiger partial charge in [0.15, 0.2) is 0 Å². The maximum absolute atomic E-state index is 11.0. The summed E-state index contributed by atoms with van der Waals surface area (Å²) in [5.74, 6) is 1.20. The summed E-state index contributed by atoms with van der Waals surface area (Å²) in [6, 6.07) is 0. The van der Waals surface area contributed by atoms with Gasteiger partial charge < -0.3 is 29.1 Å². The summed E-state index contributed by atoms with van der Waals surface area (Å²) in [7, 11) is 2.13. The van der Waals surface area contributed by atoms with Crippen molar-refractivity contribution in [3.8, 4) is 0 Å². The van der Waals surface area contributed by atoms with Crippen molar-refractivity contribution in [2.45, 2.75) is 103 Å². The van der Waals surface area contributed by atoms with E-state index in [0.29, 0.717) is 0 Å². The molecule has 0 saturated carbocycles. The number of hydrogen-bond donors (Lipinski definition) is 1. The standard InChI is InChI=1S/C22H41N2O.HI/c1-3-4-5-6-7-8-9-10-11-12-13-14-17-22(25)18-16-21-23(2)19-15-20-24(21)22;/h16,18,25H,3-15,17,19-20H2,1-2H3;1H/q+1;/p-1. The Hall–Kier alpha value is -0.100. The van der Waals surface area contributed by atoms with Gasteiger partial charge in [-0.1, -0.05) is 77.6 Å². The van der Waals surface area contributed by atoms with E-state index in [0.717, 1.165) is 32.4 Å². The molecule has 1 atom stereocenters. The molecule has 0 spiro atoms. The average molecular weight is 476 g/mol. The van der Waals surface area contributed by atoms with Gasteiger partial charge in [0.2, 0.25) is 5.72 Å². The Morgan fingerprint density at radius 1 is 0.962 bits per heavy atom. The number of amidine groups is 1. The fourth-order valence-electron chi connectivity index (χ4n) is 4.25. The van der Waals surface area contributed by atoms with Crippen LogP contribution in [0.4, 0.5) is 0 Å². The van der Waals surface area contributed by atoms with E-state index in [1.54, 1.807) is 0 Å². The van der Waals surface area contributed by atoms with Gasteiger partial charge >= 0.3 is 0 Å². The highest BCUT2D eigenvalue weighted by atomic mass is 127. The first-order chi connectivity index (χ1) is 12.2. The molecule has 0 aromatic rings. The monoisotopic (exact) mass is 476 g/mol. The topological polar surface area (TPSA) is 26.5 Å². The van der Waals surface area contributed by atoms with Gasteiger partial charge in [0.1, 0.15) is 0 Å². The molecule has 0 radical (unpaired) electrons. The Morgan fingerprint density at radius 3 is 2.08 bits per heavy atom. The highest BCUT2D eigenvalue weighted by Gasteiger charge is 2.45. The molecule has 0 saturated heterocycles. The van der Waals surface area contributed by atoms with Crippen LogP contribution in [0.15, 0.2) is 12.2 Å². The lowest BCUT2D eigenvalue weighted by Gasteiger charge is -2.31. The minimum atomic E-state index is -0.720. The van der Waals surface area contributed by atoms with Gasteiger partial charge in [-0.05, 0) is 12.5 Å². The molecule has 0 bridgehead atoms. The van der Waals surface area contributed by atoms with E-state index in [1.165, 1.54) is 76.5 Å². The third-order valence-electron chi connectivity index (χ3n) is 5.91. The van der Waals surface area contributed by atoms with Crippen molar-refractivity contribution in [3.63, 3.8) is 0 Å². The second-order valence-corrected chi connectivity index (χ2v) is 8.14. The number of aliphatic hydroxyl groups is 1. The number of halogens is 1. The first kappa shape index (κ1) is 23.9. The molecule has 152 valence electrons. The van der Waals surface area contributed by atoms with Crippen molar-refractivity contribution in [1.82, 2.24) is 4.90 Å². The Morgan fingerprint density at radius 2 is 1.50 bits per heavy atom. The van der Waals surface area contributed by atoms with E-state index >= 15 is 0 Å². The van der Waals surface area contributed by atoms with Crippen molar-refractivity contribution in [2.24, 2.45) is 0 Å². The largest absolute Gasteiger partial charge is 1.00 e. The summed E-state index contributed by atoms with van der Waals surface area (Å²) in [5.41, 5.74) is -0.720. The van der Waals surface area contributed by atoms with Crippen LogP contribution in [0, 0.1) is 0 Å². The lowest BCUT2D eigenvalue weighted by Crippen LogP contribution is -3.00. The van der Waals surface area contributed by atoms with E-state index in [9.17, 15) is 5.11 Å². The van der Waals surface area contributed by atoms with Crippen LogP contribution in [0.2, 0.25) is 0 Å².